The first kappa shape index (κ1) is 12.1. The van der Waals surface area contributed by atoms with E-state index >= 15 is 0 Å². The average molecular weight is 235 g/mol. The van der Waals surface area contributed by atoms with Gasteiger partial charge in [-0.15, -0.1) is 0 Å². The van der Waals surface area contributed by atoms with Crippen molar-refractivity contribution in [3.05, 3.63) is 24.2 Å². The van der Waals surface area contributed by atoms with Crippen molar-refractivity contribution in [3.8, 4) is 6.07 Å². The molecule has 17 heavy (non-hydrogen) atoms. The Morgan fingerprint density at radius 3 is 2.94 bits per heavy atom. The molecule has 0 aliphatic carbocycles. The van der Waals surface area contributed by atoms with Gasteiger partial charge in [0.2, 0.25) is 0 Å². The van der Waals surface area contributed by atoms with Gasteiger partial charge in [0.05, 0.1) is 25.5 Å². The molecular weight excluding hydrogens is 218 g/mol. The third-order valence-electron chi connectivity index (χ3n) is 2.84. The van der Waals surface area contributed by atoms with Gasteiger partial charge in [-0.1, -0.05) is 0 Å². The smallest absolute Gasteiger partial charge is 0.154 e. The van der Waals surface area contributed by atoms with E-state index in [9.17, 15) is 0 Å². The van der Waals surface area contributed by atoms with Gasteiger partial charge in [-0.05, 0) is 12.1 Å². The number of nitrogens with one attached hydrogen (secondary N) is 1. The lowest BCUT2D eigenvalue weighted by atomic mass is 10.2. The number of morpholine rings is 1. The quantitative estimate of drug-likeness (QED) is 0.816. The third-order valence-corrected chi connectivity index (χ3v) is 2.84. The summed E-state index contributed by atoms with van der Waals surface area (Å²) in [6.07, 6.45) is 1.59. The van der Waals surface area contributed by atoms with Gasteiger partial charge in [0, 0.05) is 26.2 Å². The number of hydrogen-bond acceptors (Lipinski definition) is 5. The molecule has 1 aromatic rings. The van der Waals surface area contributed by atoms with Crippen LogP contribution in [0, 0.1) is 11.3 Å². The molecule has 0 bridgehead atoms. The summed E-state index contributed by atoms with van der Waals surface area (Å²) in [6, 6.07) is 5.45. The van der Waals surface area contributed by atoms with Crippen LogP contribution in [0.15, 0.2) is 22.8 Å². The molecule has 2 rings (SSSR count). The summed E-state index contributed by atoms with van der Waals surface area (Å²) in [5.41, 5.74) is 0. The lowest BCUT2D eigenvalue weighted by molar-refractivity contribution is 0.0382. The highest BCUT2D eigenvalue weighted by atomic mass is 16.5. The zero-order chi connectivity index (χ0) is 11.9. The zero-order valence-corrected chi connectivity index (χ0v) is 9.76. The van der Waals surface area contributed by atoms with E-state index in [1.807, 2.05) is 6.07 Å². The van der Waals surface area contributed by atoms with Crippen molar-refractivity contribution in [1.82, 2.24) is 10.2 Å². The number of hydrogen-bond donors (Lipinski definition) is 1. The molecule has 5 heteroatoms. The lowest BCUT2D eigenvalue weighted by Crippen LogP contribution is -2.40. The molecule has 1 aromatic heterocycles. The summed E-state index contributed by atoms with van der Waals surface area (Å²) in [4.78, 5) is 2.33. The standard InChI is InChI=1S/C12H17N3O2/c13-10-11(12-2-1-7-17-12)14-3-4-15-5-8-16-9-6-15/h1-2,7,11,14H,3-6,8-9H2. The van der Waals surface area contributed by atoms with Crippen LogP contribution in [-0.4, -0.2) is 44.3 Å². The second-order valence-electron chi connectivity index (χ2n) is 3.99. The van der Waals surface area contributed by atoms with Crippen molar-refractivity contribution in [2.75, 3.05) is 39.4 Å². The Bertz CT molecular complexity index is 352. The Kier molecular flexibility index (Phi) is 4.56. The van der Waals surface area contributed by atoms with Gasteiger partial charge in [0.15, 0.2) is 6.04 Å². The molecule has 1 aliphatic rings. The minimum Gasteiger partial charge on any atom is -0.467 e. The Hall–Kier alpha value is -1.35. The Morgan fingerprint density at radius 2 is 2.29 bits per heavy atom. The molecule has 0 radical (unpaired) electrons. The molecule has 0 saturated carbocycles. The van der Waals surface area contributed by atoms with E-state index in [0.717, 1.165) is 39.4 Å². The second-order valence-corrected chi connectivity index (χ2v) is 3.99. The van der Waals surface area contributed by atoms with Crippen molar-refractivity contribution in [2.45, 2.75) is 6.04 Å². The fourth-order valence-corrected chi connectivity index (χ4v) is 1.86. The van der Waals surface area contributed by atoms with E-state index in [4.69, 9.17) is 14.4 Å². The summed E-state index contributed by atoms with van der Waals surface area (Å²) in [5.74, 6) is 0.675. The highest BCUT2D eigenvalue weighted by molar-refractivity contribution is 5.12. The molecule has 2 heterocycles. The minimum absolute atomic E-state index is 0.356. The van der Waals surface area contributed by atoms with Crippen LogP contribution in [0.1, 0.15) is 11.8 Å². The maximum atomic E-state index is 9.03. The fraction of sp³-hybridized carbons (Fsp3) is 0.583. The largest absolute Gasteiger partial charge is 0.467 e. The first-order valence-electron chi connectivity index (χ1n) is 5.86. The summed E-state index contributed by atoms with van der Waals surface area (Å²) < 4.78 is 10.5. The summed E-state index contributed by atoms with van der Waals surface area (Å²) >= 11 is 0. The molecule has 5 nitrogen and oxygen atoms in total. The molecule has 1 unspecified atom stereocenters. The predicted octanol–water partition coefficient (Wildman–Crippen LogP) is 0.766. The minimum atomic E-state index is -0.356. The number of nitrogens with zero attached hydrogens (tertiary/aromatic N) is 2. The van der Waals surface area contributed by atoms with E-state index in [-0.39, 0.29) is 6.04 Å². The summed E-state index contributed by atoms with van der Waals surface area (Å²) in [5, 5.41) is 12.2. The number of ether oxygens (including phenoxy) is 1. The van der Waals surface area contributed by atoms with Gasteiger partial charge >= 0.3 is 0 Å². The van der Waals surface area contributed by atoms with Crippen LogP contribution in [0.4, 0.5) is 0 Å². The SMILES string of the molecule is N#CC(NCCN1CCOCC1)c1ccco1. The Morgan fingerprint density at radius 1 is 1.47 bits per heavy atom. The van der Waals surface area contributed by atoms with Gasteiger partial charge in [-0.2, -0.15) is 5.26 Å². The molecule has 1 saturated heterocycles. The third kappa shape index (κ3) is 3.56. The highest BCUT2D eigenvalue weighted by Crippen LogP contribution is 2.11. The summed E-state index contributed by atoms with van der Waals surface area (Å²) in [7, 11) is 0. The van der Waals surface area contributed by atoms with Gasteiger partial charge in [-0.25, -0.2) is 0 Å². The molecule has 0 aromatic carbocycles. The van der Waals surface area contributed by atoms with E-state index < -0.39 is 0 Å². The van der Waals surface area contributed by atoms with Gasteiger partial charge in [0.25, 0.3) is 0 Å². The van der Waals surface area contributed by atoms with E-state index in [2.05, 4.69) is 16.3 Å². The summed E-state index contributed by atoms with van der Waals surface area (Å²) in [6.45, 7) is 5.26. The Labute approximate surface area is 101 Å². The molecule has 0 amide bonds. The lowest BCUT2D eigenvalue weighted by Gasteiger charge is -2.26. The number of rotatable bonds is 5. The molecule has 1 aliphatic heterocycles. The molecule has 92 valence electrons. The van der Waals surface area contributed by atoms with Crippen LogP contribution in [0.3, 0.4) is 0 Å². The van der Waals surface area contributed by atoms with E-state index in [1.54, 1.807) is 12.3 Å². The normalized spacial score (nSPS) is 18.8. The average Bonchev–Trinajstić information content (AvgIpc) is 2.90. The maximum Gasteiger partial charge on any atom is 0.154 e. The van der Waals surface area contributed by atoms with Crippen molar-refractivity contribution in [1.29, 1.82) is 5.26 Å². The number of nitriles is 1. The monoisotopic (exact) mass is 235 g/mol. The van der Waals surface area contributed by atoms with Crippen LogP contribution in [0.25, 0.3) is 0 Å². The molecular formula is C12H17N3O2. The highest BCUT2D eigenvalue weighted by Gasteiger charge is 2.14. The predicted molar refractivity (Wildman–Crippen MR) is 62.3 cm³/mol. The van der Waals surface area contributed by atoms with Crippen LogP contribution in [0.2, 0.25) is 0 Å². The topological polar surface area (TPSA) is 61.4 Å². The van der Waals surface area contributed by atoms with Gasteiger partial charge < -0.3 is 9.15 Å². The number of furan rings is 1. The zero-order valence-electron chi connectivity index (χ0n) is 9.76. The molecule has 1 atom stereocenters. The van der Waals surface area contributed by atoms with Crippen molar-refractivity contribution in [2.24, 2.45) is 0 Å². The van der Waals surface area contributed by atoms with Crippen molar-refractivity contribution < 1.29 is 9.15 Å². The first-order chi connectivity index (χ1) is 8.40. The van der Waals surface area contributed by atoms with E-state index in [1.165, 1.54) is 0 Å². The van der Waals surface area contributed by atoms with Crippen molar-refractivity contribution in [3.63, 3.8) is 0 Å². The van der Waals surface area contributed by atoms with Gasteiger partial charge in [-0.3, -0.25) is 10.2 Å². The maximum absolute atomic E-state index is 9.03. The van der Waals surface area contributed by atoms with E-state index in [0.29, 0.717) is 5.76 Å². The second kappa shape index (κ2) is 6.40. The first-order valence-corrected chi connectivity index (χ1v) is 5.86. The Balaban J connectivity index is 1.71. The molecule has 0 spiro atoms. The van der Waals surface area contributed by atoms with Gasteiger partial charge in [0.1, 0.15) is 5.76 Å². The van der Waals surface area contributed by atoms with Crippen LogP contribution < -0.4 is 5.32 Å². The van der Waals surface area contributed by atoms with Crippen LogP contribution >= 0.6 is 0 Å². The molecule has 1 N–H and O–H groups in total. The fourth-order valence-electron chi connectivity index (χ4n) is 1.86. The van der Waals surface area contributed by atoms with Crippen LogP contribution in [-0.2, 0) is 4.74 Å². The molecule has 1 fully saturated rings. The van der Waals surface area contributed by atoms with Crippen molar-refractivity contribution >= 4 is 0 Å². The van der Waals surface area contributed by atoms with Crippen LogP contribution in [0.5, 0.6) is 0 Å².